The van der Waals surface area contributed by atoms with E-state index in [1.807, 2.05) is 13.8 Å². The van der Waals surface area contributed by atoms with Crippen molar-refractivity contribution in [1.29, 1.82) is 0 Å². The van der Waals surface area contributed by atoms with E-state index < -0.39 is 17.2 Å². The molecule has 0 radical (unpaired) electrons. The predicted molar refractivity (Wildman–Crippen MR) is 52.9 cm³/mol. The second-order valence-electron chi connectivity index (χ2n) is 3.92. The van der Waals surface area contributed by atoms with Gasteiger partial charge in [0.1, 0.15) is 11.6 Å². The van der Waals surface area contributed by atoms with Crippen LogP contribution in [0.15, 0.2) is 18.2 Å². The highest BCUT2D eigenvalue weighted by Crippen LogP contribution is 2.17. The fourth-order valence-electron chi connectivity index (χ4n) is 1.23. The fourth-order valence-corrected chi connectivity index (χ4v) is 1.23. The van der Waals surface area contributed by atoms with Gasteiger partial charge in [-0.3, -0.25) is 0 Å². The van der Waals surface area contributed by atoms with E-state index >= 15 is 0 Å². The first-order valence-corrected chi connectivity index (χ1v) is 4.67. The Hall–Kier alpha value is -0.960. The molecule has 0 spiro atoms. The highest BCUT2D eigenvalue weighted by Gasteiger charge is 2.18. The van der Waals surface area contributed by atoms with Gasteiger partial charge >= 0.3 is 0 Å². The number of benzene rings is 1. The van der Waals surface area contributed by atoms with Gasteiger partial charge in [0, 0.05) is 11.6 Å². The minimum Gasteiger partial charge on any atom is -0.325 e. The molecule has 0 aromatic heterocycles. The monoisotopic (exact) mass is 199 g/mol. The van der Waals surface area contributed by atoms with Crippen LogP contribution in [-0.2, 0) is 6.42 Å². The third-order valence-corrected chi connectivity index (χ3v) is 2.42. The van der Waals surface area contributed by atoms with E-state index in [-0.39, 0.29) is 0 Å². The zero-order valence-corrected chi connectivity index (χ0v) is 8.48. The second-order valence-corrected chi connectivity index (χ2v) is 3.92. The number of hydrogen-bond acceptors (Lipinski definition) is 1. The molecular formula is C11H15F2N. The molecule has 14 heavy (non-hydrogen) atoms. The number of nitrogens with two attached hydrogens (primary N) is 1. The van der Waals surface area contributed by atoms with Crippen LogP contribution in [0.4, 0.5) is 8.78 Å². The van der Waals surface area contributed by atoms with E-state index in [1.54, 1.807) is 0 Å². The molecular weight excluding hydrogens is 184 g/mol. The molecule has 0 saturated carbocycles. The summed E-state index contributed by atoms with van der Waals surface area (Å²) in [5.41, 5.74) is 5.93. The second kappa shape index (κ2) is 4.05. The van der Waals surface area contributed by atoms with E-state index in [4.69, 9.17) is 5.73 Å². The summed E-state index contributed by atoms with van der Waals surface area (Å²) in [4.78, 5) is 0. The number of hydrogen-bond donors (Lipinski definition) is 1. The average molecular weight is 199 g/mol. The molecule has 0 saturated heterocycles. The quantitative estimate of drug-likeness (QED) is 0.795. The maximum absolute atomic E-state index is 13.2. The molecule has 0 heterocycles. The third-order valence-electron chi connectivity index (χ3n) is 2.42. The fraction of sp³-hybridized carbons (Fsp3) is 0.455. The van der Waals surface area contributed by atoms with Crippen LogP contribution in [0.1, 0.15) is 25.8 Å². The first-order chi connectivity index (χ1) is 6.44. The van der Waals surface area contributed by atoms with Gasteiger partial charge in [-0.25, -0.2) is 8.78 Å². The molecule has 1 aromatic carbocycles. The Labute approximate surface area is 82.9 Å². The minimum atomic E-state index is -0.554. The SMILES string of the molecule is CCC(C)(N)Cc1ccc(F)cc1F. The molecule has 3 heteroatoms. The van der Waals surface area contributed by atoms with Crippen LogP contribution in [0, 0.1) is 11.6 Å². The first kappa shape index (κ1) is 11.1. The van der Waals surface area contributed by atoms with Gasteiger partial charge in [0.25, 0.3) is 0 Å². The maximum Gasteiger partial charge on any atom is 0.129 e. The first-order valence-electron chi connectivity index (χ1n) is 4.67. The Kier molecular flexibility index (Phi) is 3.21. The Morgan fingerprint density at radius 2 is 2.00 bits per heavy atom. The summed E-state index contributed by atoms with van der Waals surface area (Å²) >= 11 is 0. The average Bonchev–Trinajstić information content (AvgIpc) is 2.10. The summed E-state index contributed by atoms with van der Waals surface area (Å²) in [7, 11) is 0. The molecule has 78 valence electrons. The molecule has 1 aromatic rings. The Morgan fingerprint density at radius 1 is 1.36 bits per heavy atom. The lowest BCUT2D eigenvalue weighted by atomic mass is 9.91. The van der Waals surface area contributed by atoms with Crippen LogP contribution >= 0.6 is 0 Å². The summed E-state index contributed by atoms with van der Waals surface area (Å²) in [6.45, 7) is 3.80. The number of rotatable bonds is 3. The molecule has 1 rings (SSSR count). The summed E-state index contributed by atoms with van der Waals surface area (Å²) in [6, 6.07) is 3.59. The molecule has 0 amide bonds. The minimum absolute atomic E-state index is 0.426. The van der Waals surface area contributed by atoms with Crippen molar-refractivity contribution in [2.45, 2.75) is 32.2 Å². The van der Waals surface area contributed by atoms with Crippen molar-refractivity contribution in [3.63, 3.8) is 0 Å². The summed E-state index contributed by atoms with van der Waals surface area (Å²) in [5, 5.41) is 0. The van der Waals surface area contributed by atoms with Gasteiger partial charge in [-0.1, -0.05) is 13.0 Å². The normalized spacial score (nSPS) is 15.2. The molecule has 0 aliphatic rings. The number of halogens is 2. The zero-order chi connectivity index (χ0) is 10.8. The van der Waals surface area contributed by atoms with E-state index in [1.165, 1.54) is 12.1 Å². The van der Waals surface area contributed by atoms with Gasteiger partial charge in [0.15, 0.2) is 0 Å². The molecule has 1 nitrogen and oxygen atoms in total. The van der Waals surface area contributed by atoms with Gasteiger partial charge in [-0.05, 0) is 31.4 Å². The highest BCUT2D eigenvalue weighted by molar-refractivity contribution is 5.20. The van der Waals surface area contributed by atoms with Crippen molar-refractivity contribution in [3.8, 4) is 0 Å². The van der Waals surface area contributed by atoms with Gasteiger partial charge < -0.3 is 5.73 Å². The van der Waals surface area contributed by atoms with Crippen molar-refractivity contribution in [2.24, 2.45) is 5.73 Å². The summed E-state index contributed by atoms with van der Waals surface area (Å²) < 4.78 is 25.8. The lowest BCUT2D eigenvalue weighted by Gasteiger charge is -2.22. The molecule has 0 fully saturated rings. The smallest absolute Gasteiger partial charge is 0.129 e. The van der Waals surface area contributed by atoms with Crippen molar-refractivity contribution in [2.75, 3.05) is 0 Å². The van der Waals surface area contributed by atoms with Crippen molar-refractivity contribution in [3.05, 3.63) is 35.4 Å². The van der Waals surface area contributed by atoms with Crippen LogP contribution in [0.5, 0.6) is 0 Å². The van der Waals surface area contributed by atoms with Crippen molar-refractivity contribution < 1.29 is 8.78 Å². The van der Waals surface area contributed by atoms with E-state index in [0.29, 0.717) is 12.0 Å². The van der Waals surface area contributed by atoms with Gasteiger partial charge in [-0.2, -0.15) is 0 Å². The van der Waals surface area contributed by atoms with E-state index in [0.717, 1.165) is 12.5 Å². The van der Waals surface area contributed by atoms with E-state index in [9.17, 15) is 8.78 Å². The lowest BCUT2D eigenvalue weighted by Crippen LogP contribution is -2.37. The van der Waals surface area contributed by atoms with Crippen LogP contribution in [0.25, 0.3) is 0 Å². The topological polar surface area (TPSA) is 26.0 Å². The molecule has 1 atom stereocenters. The molecule has 0 aliphatic heterocycles. The van der Waals surface area contributed by atoms with Crippen LogP contribution < -0.4 is 5.73 Å². The van der Waals surface area contributed by atoms with Gasteiger partial charge in [-0.15, -0.1) is 0 Å². The molecule has 2 N–H and O–H groups in total. The van der Waals surface area contributed by atoms with Crippen molar-refractivity contribution in [1.82, 2.24) is 0 Å². The summed E-state index contributed by atoms with van der Waals surface area (Å²) in [6.07, 6.45) is 1.18. The Bertz CT molecular complexity index is 321. The van der Waals surface area contributed by atoms with Crippen LogP contribution in [-0.4, -0.2) is 5.54 Å². The van der Waals surface area contributed by atoms with Gasteiger partial charge in [0.05, 0.1) is 0 Å². The Morgan fingerprint density at radius 3 is 2.50 bits per heavy atom. The lowest BCUT2D eigenvalue weighted by molar-refractivity contribution is 0.438. The molecule has 1 unspecified atom stereocenters. The predicted octanol–water partition coefficient (Wildman–Crippen LogP) is 2.63. The van der Waals surface area contributed by atoms with Gasteiger partial charge in [0.2, 0.25) is 0 Å². The van der Waals surface area contributed by atoms with Crippen LogP contribution in [0.2, 0.25) is 0 Å². The van der Waals surface area contributed by atoms with E-state index in [2.05, 4.69) is 0 Å². The standard InChI is InChI=1S/C11H15F2N/c1-3-11(2,14)7-8-4-5-9(12)6-10(8)13/h4-6H,3,7,14H2,1-2H3. The van der Waals surface area contributed by atoms with Crippen LogP contribution in [0.3, 0.4) is 0 Å². The summed E-state index contributed by atoms with van der Waals surface area (Å²) in [5.74, 6) is -1.07. The maximum atomic E-state index is 13.2. The largest absolute Gasteiger partial charge is 0.325 e. The van der Waals surface area contributed by atoms with Crippen molar-refractivity contribution >= 4 is 0 Å². The Balaban J connectivity index is 2.87. The molecule has 0 bridgehead atoms. The third kappa shape index (κ3) is 2.77. The molecule has 0 aliphatic carbocycles. The zero-order valence-electron chi connectivity index (χ0n) is 8.48. The highest BCUT2D eigenvalue weighted by atomic mass is 19.1.